The summed E-state index contributed by atoms with van der Waals surface area (Å²) in [6, 6.07) is -1.45. The molecule has 1 saturated heterocycles. The molecular weight excluding hydrogens is 256 g/mol. The van der Waals surface area contributed by atoms with Crippen molar-refractivity contribution in [1.29, 1.82) is 0 Å². The predicted molar refractivity (Wildman–Crippen MR) is 63.4 cm³/mol. The number of ether oxygens (including phenoxy) is 2. The van der Waals surface area contributed by atoms with Crippen molar-refractivity contribution >= 4 is 17.8 Å². The van der Waals surface area contributed by atoms with Gasteiger partial charge in [-0.25, -0.2) is 4.79 Å². The van der Waals surface area contributed by atoms with Crippen LogP contribution < -0.4 is 10.6 Å². The maximum Gasteiger partial charge on any atom is 0.326 e. The average Bonchev–Trinajstić information content (AvgIpc) is 2.85. The molecule has 0 aliphatic carbocycles. The monoisotopic (exact) mass is 274 g/mol. The normalized spacial score (nSPS) is 23.7. The number of esters is 1. The van der Waals surface area contributed by atoms with Crippen molar-refractivity contribution in [3.05, 3.63) is 0 Å². The Labute approximate surface area is 110 Å². The first-order chi connectivity index (χ1) is 8.99. The van der Waals surface area contributed by atoms with E-state index in [2.05, 4.69) is 15.4 Å². The summed E-state index contributed by atoms with van der Waals surface area (Å²) in [4.78, 5) is 34.0. The number of carboxylic acids is 1. The molecule has 0 saturated carbocycles. The van der Waals surface area contributed by atoms with E-state index in [0.29, 0.717) is 6.61 Å². The van der Waals surface area contributed by atoms with Crippen LogP contribution in [0.2, 0.25) is 0 Å². The van der Waals surface area contributed by atoms with E-state index in [4.69, 9.17) is 9.84 Å². The second-order valence-corrected chi connectivity index (χ2v) is 4.22. The molecule has 0 aromatic rings. The Morgan fingerprint density at radius 1 is 1.42 bits per heavy atom. The largest absolute Gasteiger partial charge is 0.480 e. The number of hydrogen-bond donors (Lipinski definition) is 3. The molecule has 0 bridgehead atoms. The molecule has 1 aliphatic rings. The van der Waals surface area contributed by atoms with Crippen LogP contribution in [-0.2, 0) is 23.9 Å². The average molecular weight is 274 g/mol. The maximum absolute atomic E-state index is 12.0. The van der Waals surface area contributed by atoms with E-state index in [0.717, 1.165) is 7.11 Å². The summed E-state index contributed by atoms with van der Waals surface area (Å²) in [5.41, 5.74) is 0. The van der Waals surface area contributed by atoms with Gasteiger partial charge in [0.15, 0.2) is 0 Å². The predicted octanol–water partition coefficient (Wildman–Crippen LogP) is -1.65. The molecule has 8 nitrogen and oxygen atoms in total. The van der Waals surface area contributed by atoms with Crippen molar-refractivity contribution in [3.8, 4) is 0 Å². The van der Waals surface area contributed by atoms with E-state index < -0.39 is 36.2 Å². The van der Waals surface area contributed by atoms with Gasteiger partial charge >= 0.3 is 11.9 Å². The SMILES string of the molecule is CNC1COCC1C(=O)N[C@@H](CC(=O)OC)C(=O)O. The van der Waals surface area contributed by atoms with E-state index in [-0.39, 0.29) is 12.6 Å². The molecule has 3 atom stereocenters. The highest BCUT2D eigenvalue weighted by atomic mass is 16.5. The zero-order valence-corrected chi connectivity index (χ0v) is 10.8. The van der Waals surface area contributed by atoms with Crippen LogP contribution in [0, 0.1) is 5.92 Å². The lowest BCUT2D eigenvalue weighted by Gasteiger charge is -2.19. The van der Waals surface area contributed by atoms with Crippen LogP contribution in [0.3, 0.4) is 0 Å². The molecule has 1 aliphatic heterocycles. The van der Waals surface area contributed by atoms with Gasteiger partial charge in [-0.2, -0.15) is 0 Å². The van der Waals surface area contributed by atoms with Gasteiger partial charge in [-0.15, -0.1) is 0 Å². The molecule has 2 unspecified atom stereocenters. The smallest absolute Gasteiger partial charge is 0.326 e. The molecule has 8 heteroatoms. The molecule has 1 fully saturated rings. The third-order valence-electron chi connectivity index (χ3n) is 3.00. The lowest BCUT2D eigenvalue weighted by molar-refractivity contribution is -0.149. The van der Waals surface area contributed by atoms with Crippen molar-refractivity contribution in [2.45, 2.75) is 18.5 Å². The van der Waals surface area contributed by atoms with Crippen molar-refractivity contribution in [1.82, 2.24) is 10.6 Å². The molecule has 0 aromatic heterocycles. The van der Waals surface area contributed by atoms with Gasteiger partial charge in [-0.3, -0.25) is 9.59 Å². The fraction of sp³-hybridized carbons (Fsp3) is 0.727. The highest BCUT2D eigenvalue weighted by Gasteiger charge is 2.35. The van der Waals surface area contributed by atoms with Gasteiger partial charge in [-0.1, -0.05) is 0 Å². The van der Waals surface area contributed by atoms with Crippen molar-refractivity contribution in [3.63, 3.8) is 0 Å². The summed E-state index contributed by atoms with van der Waals surface area (Å²) in [7, 11) is 2.85. The van der Waals surface area contributed by atoms with Gasteiger partial charge in [0, 0.05) is 6.04 Å². The van der Waals surface area contributed by atoms with E-state index in [1.54, 1.807) is 7.05 Å². The Balaban J connectivity index is 2.60. The summed E-state index contributed by atoms with van der Waals surface area (Å²) in [6.07, 6.45) is -0.407. The van der Waals surface area contributed by atoms with Gasteiger partial charge in [-0.05, 0) is 7.05 Å². The fourth-order valence-corrected chi connectivity index (χ4v) is 1.83. The van der Waals surface area contributed by atoms with Gasteiger partial charge in [0.2, 0.25) is 5.91 Å². The highest BCUT2D eigenvalue weighted by Crippen LogP contribution is 2.14. The Morgan fingerprint density at radius 3 is 2.63 bits per heavy atom. The van der Waals surface area contributed by atoms with Crippen molar-refractivity contribution in [2.24, 2.45) is 5.92 Å². The lowest BCUT2D eigenvalue weighted by Crippen LogP contribution is -2.49. The number of amides is 1. The van der Waals surface area contributed by atoms with Crippen molar-refractivity contribution < 1.29 is 29.0 Å². The Bertz CT molecular complexity index is 359. The summed E-state index contributed by atoms with van der Waals surface area (Å²) >= 11 is 0. The Hall–Kier alpha value is -1.67. The molecule has 3 N–H and O–H groups in total. The number of hydrogen-bond acceptors (Lipinski definition) is 6. The zero-order valence-electron chi connectivity index (χ0n) is 10.8. The second-order valence-electron chi connectivity index (χ2n) is 4.22. The Kier molecular flexibility index (Phi) is 5.71. The van der Waals surface area contributed by atoms with Crippen molar-refractivity contribution in [2.75, 3.05) is 27.4 Å². The van der Waals surface area contributed by atoms with Crippen LogP contribution in [0.25, 0.3) is 0 Å². The van der Waals surface area contributed by atoms with Gasteiger partial charge in [0.25, 0.3) is 0 Å². The number of carboxylic acid groups (broad SMARTS) is 1. The minimum absolute atomic E-state index is 0.160. The first-order valence-electron chi connectivity index (χ1n) is 5.84. The van der Waals surface area contributed by atoms with E-state index in [1.165, 1.54) is 0 Å². The summed E-state index contributed by atoms with van der Waals surface area (Å²) in [5, 5.41) is 14.2. The molecule has 1 heterocycles. The molecule has 108 valence electrons. The summed E-state index contributed by atoms with van der Waals surface area (Å²) < 4.78 is 9.55. The molecule has 0 spiro atoms. The van der Waals surface area contributed by atoms with E-state index in [1.807, 2.05) is 0 Å². The number of rotatable bonds is 6. The maximum atomic E-state index is 12.0. The first kappa shape index (κ1) is 15.4. The quantitative estimate of drug-likeness (QED) is 0.497. The summed E-state index contributed by atoms with van der Waals surface area (Å²) in [5.74, 6) is -2.89. The summed E-state index contributed by atoms with van der Waals surface area (Å²) in [6.45, 7) is 0.616. The fourth-order valence-electron chi connectivity index (χ4n) is 1.83. The van der Waals surface area contributed by atoms with E-state index in [9.17, 15) is 14.4 Å². The van der Waals surface area contributed by atoms with Crippen LogP contribution >= 0.6 is 0 Å². The zero-order chi connectivity index (χ0) is 14.4. The third-order valence-corrected chi connectivity index (χ3v) is 3.00. The molecule has 1 amide bonds. The number of nitrogens with one attached hydrogen (secondary N) is 2. The number of carbonyl (C=O) groups excluding carboxylic acids is 2. The van der Waals surface area contributed by atoms with Gasteiger partial charge < -0.3 is 25.2 Å². The van der Waals surface area contributed by atoms with Crippen LogP contribution in [0.5, 0.6) is 0 Å². The second kappa shape index (κ2) is 7.05. The van der Waals surface area contributed by atoms with Crippen LogP contribution in [-0.4, -0.2) is 62.4 Å². The number of aliphatic carboxylic acids is 1. The standard InChI is InChI=1S/C11H18N2O6/c1-12-8-5-19-4-6(8)10(15)13-7(11(16)17)3-9(14)18-2/h6-8,12H,3-5H2,1-2H3,(H,13,15)(H,16,17)/t6?,7-,8?/m0/s1. The lowest BCUT2D eigenvalue weighted by atomic mass is 10.0. The number of methoxy groups -OCH3 is 1. The minimum Gasteiger partial charge on any atom is -0.480 e. The first-order valence-corrected chi connectivity index (χ1v) is 5.84. The topological polar surface area (TPSA) is 114 Å². The van der Waals surface area contributed by atoms with Crippen LogP contribution in [0.1, 0.15) is 6.42 Å². The van der Waals surface area contributed by atoms with Crippen LogP contribution in [0.15, 0.2) is 0 Å². The highest BCUT2D eigenvalue weighted by molar-refractivity contribution is 5.88. The number of likely N-dealkylation sites (N-methyl/N-ethyl adjacent to an activating group) is 1. The minimum atomic E-state index is -1.29. The third kappa shape index (κ3) is 4.18. The van der Waals surface area contributed by atoms with Gasteiger partial charge in [0.1, 0.15) is 6.04 Å². The Morgan fingerprint density at radius 2 is 2.11 bits per heavy atom. The van der Waals surface area contributed by atoms with E-state index >= 15 is 0 Å². The molecule has 1 rings (SSSR count). The molecule has 0 radical (unpaired) electrons. The number of carbonyl (C=O) groups is 3. The molecule has 0 aromatic carbocycles. The molecular formula is C11H18N2O6. The molecule has 19 heavy (non-hydrogen) atoms. The van der Waals surface area contributed by atoms with Crippen LogP contribution in [0.4, 0.5) is 0 Å². The van der Waals surface area contributed by atoms with Gasteiger partial charge in [0.05, 0.1) is 32.7 Å².